The quantitative estimate of drug-likeness (QED) is 0.837. The van der Waals surface area contributed by atoms with Crippen LogP contribution in [0.2, 0.25) is 0 Å². The Bertz CT molecular complexity index is 442. The maximum atomic E-state index is 13.4. The van der Waals surface area contributed by atoms with E-state index in [2.05, 4.69) is 0 Å². The summed E-state index contributed by atoms with van der Waals surface area (Å²) >= 11 is 0. The molecule has 0 aliphatic heterocycles. The second kappa shape index (κ2) is 6.56. The Labute approximate surface area is 109 Å². The van der Waals surface area contributed by atoms with Gasteiger partial charge in [-0.2, -0.15) is 0 Å². The van der Waals surface area contributed by atoms with Crippen LogP contribution in [-0.4, -0.2) is 17.6 Å². The molecular formula is C13H16F3NO2. The molecule has 1 rings (SSSR count). The van der Waals surface area contributed by atoms with Gasteiger partial charge < -0.3 is 10.8 Å². The van der Waals surface area contributed by atoms with Crippen molar-refractivity contribution < 1.29 is 23.1 Å². The van der Waals surface area contributed by atoms with Gasteiger partial charge >= 0.3 is 5.97 Å². The molecule has 0 radical (unpaired) electrons. The maximum absolute atomic E-state index is 13.4. The number of carboxylic acids is 1. The molecule has 0 saturated carbocycles. The summed E-state index contributed by atoms with van der Waals surface area (Å²) in [5.74, 6) is -4.94. The monoisotopic (exact) mass is 275 g/mol. The van der Waals surface area contributed by atoms with Gasteiger partial charge in [0.2, 0.25) is 0 Å². The number of benzene rings is 1. The molecule has 0 spiro atoms. The second-order valence-electron chi connectivity index (χ2n) is 4.66. The third-order valence-corrected chi connectivity index (χ3v) is 2.98. The summed E-state index contributed by atoms with van der Waals surface area (Å²) in [6.45, 7) is 1.64. The van der Waals surface area contributed by atoms with Crippen LogP contribution >= 0.6 is 0 Å². The van der Waals surface area contributed by atoms with E-state index in [-0.39, 0.29) is 30.9 Å². The number of hydrogen-bond donors (Lipinski definition) is 2. The number of carbonyl (C=O) groups is 1. The van der Waals surface area contributed by atoms with E-state index < -0.39 is 29.3 Å². The lowest BCUT2D eigenvalue weighted by Gasteiger charge is -2.16. The van der Waals surface area contributed by atoms with E-state index in [9.17, 15) is 18.0 Å². The van der Waals surface area contributed by atoms with Gasteiger partial charge in [-0.1, -0.05) is 6.92 Å². The van der Waals surface area contributed by atoms with Gasteiger partial charge in [-0.25, -0.2) is 13.2 Å². The average Bonchev–Trinajstić information content (AvgIpc) is 2.30. The van der Waals surface area contributed by atoms with Gasteiger partial charge in [-0.05, 0) is 18.8 Å². The Morgan fingerprint density at radius 1 is 1.32 bits per heavy atom. The van der Waals surface area contributed by atoms with Crippen molar-refractivity contribution in [1.29, 1.82) is 0 Å². The number of halogens is 3. The Hall–Kier alpha value is -1.56. The topological polar surface area (TPSA) is 63.3 Å². The Balaban J connectivity index is 2.77. The first-order valence-corrected chi connectivity index (χ1v) is 5.91. The molecule has 0 aromatic heterocycles. The third-order valence-electron chi connectivity index (χ3n) is 2.98. The van der Waals surface area contributed by atoms with Crippen LogP contribution < -0.4 is 5.73 Å². The zero-order valence-corrected chi connectivity index (χ0v) is 10.5. The first-order valence-electron chi connectivity index (χ1n) is 5.91. The molecule has 6 heteroatoms. The lowest BCUT2D eigenvalue weighted by atomic mass is 9.90. The summed E-state index contributed by atoms with van der Waals surface area (Å²) in [4.78, 5) is 10.8. The Kier molecular flexibility index (Phi) is 5.35. The average molecular weight is 275 g/mol. The van der Waals surface area contributed by atoms with Gasteiger partial charge in [0.1, 0.15) is 17.5 Å². The number of aliphatic carboxylic acids is 1. The van der Waals surface area contributed by atoms with Crippen LogP contribution in [0.25, 0.3) is 0 Å². The van der Waals surface area contributed by atoms with Crippen LogP contribution in [0.5, 0.6) is 0 Å². The summed E-state index contributed by atoms with van der Waals surface area (Å²) in [7, 11) is 0. The van der Waals surface area contributed by atoms with E-state index in [1.54, 1.807) is 6.92 Å². The van der Waals surface area contributed by atoms with Crippen molar-refractivity contribution in [2.75, 3.05) is 6.54 Å². The fraction of sp³-hybridized carbons (Fsp3) is 0.462. The minimum absolute atomic E-state index is 0.00171. The van der Waals surface area contributed by atoms with E-state index in [1.165, 1.54) is 0 Å². The minimum atomic E-state index is -1.03. The van der Waals surface area contributed by atoms with E-state index in [1.807, 2.05) is 0 Å². The molecule has 1 aromatic carbocycles. The van der Waals surface area contributed by atoms with Crippen molar-refractivity contribution in [2.24, 2.45) is 17.6 Å². The predicted molar refractivity (Wildman–Crippen MR) is 64.0 cm³/mol. The smallest absolute Gasteiger partial charge is 0.307 e. The molecule has 106 valence electrons. The minimum Gasteiger partial charge on any atom is -0.481 e. The molecule has 0 fully saturated rings. The number of hydrogen-bond acceptors (Lipinski definition) is 2. The molecule has 3 N–H and O–H groups in total. The van der Waals surface area contributed by atoms with E-state index in [0.717, 1.165) is 0 Å². The molecule has 2 atom stereocenters. The Morgan fingerprint density at radius 2 is 1.84 bits per heavy atom. The molecule has 2 unspecified atom stereocenters. The molecule has 0 heterocycles. The highest BCUT2D eigenvalue weighted by Crippen LogP contribution is 2.22. The van der Waals surface area contributed by atoms with Gasteiger partial charge in [-0.15, -0.1) is 0 Å². The molecule has 1 aromatic rings. The molecule has 0 aliphatic carbocycles. The normalized spacial score (nSPS) is 14.2. The number of carboxylic acid groups (broad SMARTS) is 1. The number of rotatable bonds is 6. The molecule has 0 amide bonds. The molecule has 19 heavy (non-hydrogen) atoms. The van der Waals surface area contributed by atoms with E-state index in [4.69, 9.17) is 10.8 Å². The van der Waals surface area contributed by atoms with Crippen molar-refractivity contribution in [3.05, 3.63) is 35.1 Å². The predicted octanol–water partition coefficient (Wildman–Crippen LogP) is 2.33. The highest BCUT2D eigenvalue weighted by Gasteiger charge is 2.21. The lowest BCUT2D eigenvalue weighted by Crippen LogP contribution is -2.26. The maximum Gasteiger partial charge on any atom is 0.307 e. The van der Waals surface area contributed by atoms with Gasteiger partial charge in [0.15, 0.2) is 0 Å². The highest BCUT2D eigenvalue weighted by molar-refractivity contribution is 5.70. The van der Waals surface area contributed by atoms with Crippen LogP contribution in [-0.2, 0) is 11.2 Å². The van der Waals surface area contributed by atoms with Crippen molar-refractivity contribution >= 4 is 5.97 Å². The summed E-state index contributed by atoms with van der Waals surface area (Å²) in [5.41, 5.74) is 5.09. The first kappa shape index (κ1) is 15.5. The second-order valence-corrected chi connectivity index (χ2v) is 4.66. The fourth-order valence-corrected chi connectivity index (χ4v) is 1.98. The molecule has 0 aliphatic rings. The van der Waals surface area contributed by atoms with Crippen molar-refractivity contribution in [3.63, 3.8) is 0 Å². The van der Waals surface area contributed by atoms with Crippen LogP contribution in [0.1, 0.15) is 18.9 Å². The summed E-state index contributed by atoms with van der Waals surface area (Å²) in [5, 5.41) is 8.86. The van der Waals surface area contributed by atoms with Crippen molar-refractivity contribution in [2.45, 2.75) is 19.8 Å². The fourth-order valence-electron chi connectivity index (χ4n) is 1.98. The SMILES string of the molecule is CC(Cc1c(F)cc(F)cc1F)CC(CN)C(=O)O. The summed E-state index contributed by atoms with van der Waals surface area (Å²) < 4.78 is 39.6. The Morgan fingerprint density at radius 3 is 2.26 bits per heavy atom. The summed E-state index contributed by atoms with van der Waals surface area (Å²) in [6, 6.07) is 1.23. The van der Waals surface area contributed by atoms with E-state index >= 15 is 0 Å². The molecule has 0 bridgehead atoms. The van der Waals surface area contributed by atoms with Crippen LogP contribution in [0.15, 0.2) is 12.1 Å². The molecule has 3 nitrogen and oxygen atoms in total. The summed E-state index contributed by atoms with van der Waals surface area (Å²) in [6.07, 6.45) is 0.212. The highest BCUT2D eigenvalue weighted by atomic mass is 19.1. The van der Waals surface area contributed by atoms with Crippen LogP contribution in [0.3, 0.4) is 0 Å². The van der Waals surface area contributed by atoms with Crippen molar-refractivity contribution in [1.82, 2.24) is 0 Å². The zero-order valence-electron chi connectivity index (χ0n) is 10.5. The van der Waals surface area contributed by atoms with E-state index in [0.29, 0.717) is 12.1 Å². The molecular weight excluding hydrogens is 259 g/mol. The van der Waals surface area contributed by atoms with Crippen LogP contribution in [0.4, 0.5) is 13.2 Å². The largest absolute Gasteiger partial charge is 0.481 e. The first-order chi connectivity index (χ1) is 8.85. The van der Waals surface area contributed by atoms with Crippen LogP contribution in [0, 0.1) is 29.3 Å². The van der Waals surface area contributed by atoms with Gasteiger partial charge in [-0.3, -0.25) is 4.79 Å². The van der Waals surface area contributed by atoms with Gasteiger partial charge in [0, 0.05) is 24.2 Å². The third kappa shape index (κ3) is 4.24. The lowest BCUT2D eigenvalue weighted by molar-refractivity contribution is -0.141. The standard InChI is InChI=1S/C13H16F3NO2/c1-7(2-8(6-17)13(18)19)3-10-11(15)4-9(14)5-12(10)16/h4-5,7-8H,2-3,6,17H2,1H3,(H,18,19). The van der Waals surface area contributed by atoms with Gasteiger partial charge in [0.05, 0.1) is 5.92 Å². The number of nitrogens with two attached hydrogens (primary N) is 1. The zero-order chi connectivity index (χ0) is 14.6. The van der Waals surface area contributed by atoms with Crippen molar-refractivity contribution in [3.8, 4) is 0 Å². The molecule has 0 saturated heterocycles. The van der Waals surface area contributed by atoms with Gasteiger partial charge in [0.25, 0.3) is 0 Å².